The highest BCUT2D eigenvalue weighted by Crippen LogP contribution is 2.26. The number of amides is 2. The van der Waals surface area contributed by atoms with Crippen molar-refractivity contribution in [1.82, 2.24) is 10.6 Å². The van der Waals surface area contributed by atoms with Gasteiger partial charge in [-0.2, -0.15) is 0 Å². The van der Waals surface area contributed by atoms with Gasteiger partial charge in [0, 0.05) is 6.04 Å². The summed E-state index contributed by atoms with van der Waals surface area (Å²) in [5, 5.41) is 5.83. The van der Waals surface area contributed by atoms with Gasteiger partial charge in [0.15, 0.2) is 0 Å². The Balaban J connectivity index is 1.89. The quantitative estimate of drug-likeness (QED) is 0.797. The lowest BCUT2D eigenvalue weighted by atomic mass is 9.87. The van der Waals surface area contributed by atoms with Crippen LogP contribution < -0.4 is 15.4 Å². The van der Waals surface area contributed by atoms with E-state index in [1.807, 2.05) is 38.1 Å². The summed E-state index contributed by atoms with van der Waals surface area (Å²) in [4.78, 5) is 24.7. The normalized spacial score (nSPS) is 16.3. The summed E-state index contributed by atoms with van der Waals surface area (Å²) in [6, 6.07) is 7.79. The topological polar surface area (TPSA) is 67.4 Å². The average molecular weight is 346 g/mol. The second-order valence-electron chi connectivity index (χ2n) is 7.12. The number of hydrogen-bond donors (Lipinski definition) is 2. The maximum atomic E-state index is 12.6. The number of benzene rings is 1. The molecule has 0 aliphatic heterocycles. The maximum Gasteiger partial charge on any atom is 0.239 e. The van der Waals surface area contributed by atoms with E-state index in [-0.39, 0.29) is 36.2 Å². The Morgan fingerprint density at radius 3 is 2.32 bits per heavy atom. The minimum Gasteiger partial charge on any atom is -0.497 e. The van der Waals surface area contributed by atoms with Crippen LogP contribution >= 0.6 is 0 Å². The van der Waals surface area contributed by atoms with Gasteiger partial charge in [0.1, 0.15) is 5.75 Å². The highest BCUT2D eigenvalue weighted by molar-refractivity contribution is 5.88. The van der Waals surface area contributed by atoms with Crippen LogP contribution in [-0.4, -0.2) is 31.5 Å². The predicted molar refractivity (Wildman–Crippen MR) is 98.6 cm³/mol. The van der Waals surface area contributed by atoms with Crippen molar-refractivity contribution in [3.63, 3.8) is 0 Å². The molecule has 1 atom stereocenters. The monoisotopic (exact) mass is 346 g/mol. The van der Waals surface area contributed by atoms with Crippen molar-refractivity contribution in [2.45, 2.75) is 57.9 Å². The average Bonchev–Trinajstić information content (AvgIpc) is 2.61. The Morgan fingerprint density at radius 1 is 1.12 bits per heavy atom. The van der Waals surface area contributed by atoms with E-state index in [4.69, 9.17) is 4.74 Å². The zero-order valence-electron chi connectivity index (χ0n) is 15.5. The molecular formula is C20H30N2O3. The number of ether oxygens (including phenoxy) is 1. The Hall–Kier alpha value is -2.04. The van der Waals surface area contributed by atoms with E-state index >= 15 is 0 Å². The molecular weight excluding hydrogens is 316 g/mol. The van der Waals surface area contributed by atoms with Gasteiger partial charge in [0.05, 0.1) is 19.6 Å². The zero-order valence-corrected chi connectivity index (χ0v) is 15.5. The Bertz CT molecular complexity index is 563. The van der Waals surface area contributed by atoms with Gasteiger partial charge in [-0.15, -0.1) is 0 Å². The lowest BCUT2D eigenvalue weighted by Crippen LogP contribution is -2.44. The molecule has 0 saturated heterocycles. The Morgan fingerprint density at radius 2 is 1.76 bits per heavy atom. The highest BCUT2D eigenvalue weighted by Gasteiger charge is 2.25. The number of carbonyl (C=O) groups is 2. The molecule has 1 aliphatic carbocycles. The summed E-state index contributed by atoms with van der Waals surface area (Å²) in [5.41, 5.74) is 0.931. The number of methoxy groups -OCH3 is 1. The second-order valence-corrected chi connectivity index (χ2v) is 7.12. The molecule has 0 heterocycles. The van der Waals surface area contributed by atoms with Crippen molar-refractivity contribution in [2.75, 3.05) is 13.7 Å². The number of nitrogens with one attached hydrogen (secondary N) is 2. The Labute approximate surface area is 150 Å². The van der Waals surface area contributed by atoms with Gasteiger partial charge < -0.3 is 15.4 Å². The van der Waals surface area contributed by atoms with Crippen molar-refractivity contribution < 1.29 is 14.3 Å². The molecule has 1 aliphatic rings. The fourth-order valence-corrected chi connectivity index (χ4v) is 3.45. The lowest BCUT2D eigenvalue weighted by Gasteiger charge is -2.24. The van der Waals surface area contributed by atoms with Gasteiger partial charge >= 0.3 is 0 Å². The Kier molecular flexibility index (Phi) is 7.29. The third-order valence-electron chi connectivity index (χ3n) is 4.82. The van der Waals surface area contributed by atoms with Gasteiger partial charge in [-0.3, -0.25) is 9.59 Å². The lowest BCUT2D eigenvalue weighted by molar-refractivity contribution is -0.128. The van der Waals surface area contributed by atoms with E-state index in [2.05, 4.69) is 10.6 Å². The summed E-state index contributed by atoms with van der Waals surface area (Å²) in [6.07, 6.45) is 5.68. The molecule has 138 valence electrons. The molecule has 1 aromatic rings. The van der Waals surface area contributed by atoms with Gasteiger partial charge in [0.25, 0.3) is 0 Å². The van der Waals surface area contributed by atoms with Crippen LogP contribution in [0.1, 0.15) is 57.4 Å². The van der Waals surface area contributed by atoms with Crippen LogP contribution in [0, 0.1) is 5.92 Å². The van der Waals surface area contributed by atoms with E-state index in [9.17, 15) is 9.59 Å². The smallest absolute Gasteiger partial charge is 0.239 e. The van der Waals surface area contributed by atoms with E-state index < -0.39 is 0 Å². The number of hydrogen-bond acceptors (Lipinski definition) is 3. The molecule has 1 saturated carbocycles. The van der Waals surface area contributed by atoms with Crippen molar-refractivity contribution in [2.24, 2.45) is 5.92 Å². The van der Waals surface area contributed by atoms with Gasteiger partial charge in [-0.25, -0.2) is 0 Å². The number of carbonyl (C=O) groups excluding carboxylic acids is 2. The van der Waals surface area contributed by atoms with Gasteiger partial charge in [-0.05, 0) is 36.5 Å². The molecule has 1 aromatic carbocycles. The van der Waals surface area contributed by atoms with E-state index in [0.717, 1.165) is 24.2 Å². The van der Waals surface area contributed by atoms with Gasteiger partial charge in [-0.1, -0.05) is 45.2 Å². The second kappa shape index (κ2) is 9.44. The fraction of sp³-hybridized carbons (Fsp3) is 0.600. The minimum atomic E-state index is -0.284. The third kappa shape index (κ3) is 5.76. The third-order valence-corrected chi connectivity index (χ3v) is 4.82. The molecule has 0 aromatic heterocycles. The van der Waals surface area contributed by atoms with Crippen molar-refractivity contribution in [1.29, 1.82) is 0 Å². The molecule has 5 heteroatoms. The first-order valence-corrected chi connectivity index (χ1v) is 9.22. The van der Waals surface area contributed by atoms with Gasteiger partial charge in [0.2, 0.25) is 11.8 Å². The summed E-state index contributed by atoms with van der Waals surface area (Å²) in [6.45, 7) is 4.06. The van der Waals surface area contributed by atoms with E-state index in [1.54, 1.807) is 7.11 Å². The SMILES string of the molecule is COc1ccc(C(C(=O)NCC(=O)NC2CCCCC2)C(C)C)cc1. The first-order valence-electron chi connectivity index (χ1n) is 9.22. The molecule has 2 rings (SSSR count). The summed E-state index contributed by atoms with van der Waals surface area (Å²) < 4.78 is 5.17. The standard InChI is InChI=1S/C20H30N2O3/c1-14(2)19(15-9-11-17(25-3)12-10-15)20(24)21-13-18(23)22-16-7-5-4-6-8-16/h9-12,14,16,19H,4-8,13H2,1-3H3,(H,21,24)(H,22,23). The summed E-state index contributed by atoms with van der Waals surface area (Å²) in [5.74, 6) is 0.401. The first-order chi connectivity index (χ1) is 12.0. The van der Waals surface area contributed by atoms with Crippen molar-refractivity contribution in [3.05, 3.63) is 29.8 Å². The van der Waals surface area contributed by atoms with Crippen LogP contribution in [0.15, 0.2) is 24.3 Å². The maximum absolute atomic E-state index is 12.6. The highest BCUT2D eigenvalue weighted by atomic mass is 16.5. The van der Waals surface area contributed by atoms with Crippen molar-refractivity contribution in [3.8, 4) is 5.75 Å². The predicted octanol–water partition coefficient (Wildman–Crippen LogP) is 3.00. The molecule has 2 N–H and O–H groups in total. The van der Waals surface area contributed by atoms with Crippen LogP contribution in [0.5, 0.6) is 5.75 Å². The van der Waals surface area contributed by atoms with Crippen molar-refractivity contribution >= 4 is 11.8 Å². The molecule has 5 nitrogen and oxygen atoms in total. The summed E-state index contributed by atoms with van der Waals surface area (Å²) >= 11 is 0. The molecule has 2 amide bonds. The summed E-state index contributed by atoms with van der Waals surface area (Å²) in [7, 11) is 1.62. The molecule has 1 unspecified atom stereocenters. The molecule has 0 radical (unpaired) electrons. The van der Waals surface area contributed by atoms with E-state index in [0.29, 0.717) is 0 Å². The fourth-order valence-electron chi connectivity index (χ4n) is 3.45. The van der Waals surface area contributed by atoms with E-state index in [1.165, 1.54) is 19.3 Å². The largest absolute Gasteiger partial charge is 0.497 e. The van der Waals surface area contributed by atoms with Crippen LogP contribution in [0.2, 0.25) is 0 Å². The molecule has 1 fully saturated rings. The molecule has 0 bridgehead atoms. The first kappa shape index (κ1) is 19.3. The molecule has 0 spiro atoms. The van der Waals surface area contributed by atoms with Crippen LogP contribution in [-0.2, 0) is 9.59 Å². The minimum absolute atomic E-state index is 0.0364. The molecule has 25 heavy (non-hydrogen) atoms. The number of rotatable bonds is 7. The van der Waals surface area contributed by atoms with Crippen LogP contribution in [0.3, 0.4) is 0 Å². The van der Waals surface area contributed by atoms with Crippen LogP contribution in [0.4, 0.5) is 0 Å². The zero-order chi connectivity index (χ0) is 18.2. The van der Waals surface area contributed by atoms with Crippen LogP contribution in [0.25, 0.3) is 0 Å².